The predicted octanol–water partition coefficient (Wildman–Crippen LogP) is 4.70. The number of carbonyl (C=O) groups excluding carboxylic acids is 3. The van der Waals surface area contributed by atoms with Gasteiger partial charge in [-0.25, -0.2) is 14.6 Å². The summed E-state index contributed by atoms with van der Waals surface area (Å²) in [6.45, 7) is 4.88. The van der Waals surface area contributed by atoms with Crippen molar-refractivity contribution in [3.8, 4) is 11.6 Å². The summed E-state index contributed by atoms with van der Waals surface area (Å²) in [4.78, 5) is 44.8. The molecule has 0 spiro atoms. The fraction of sp³-hybridized carbons (Fsp3) is 0.333. The van der Waals surface area contributed by atoms with Crippen molar-refractivity contribution < 1.29 is 28.6 Å². The van der Waals surface area contributed by atoms with Gasteiger partial charge in [0.1, 0.15) is 12.4 Å². The molecular formula is C30H31N3O6. The number of piperidine rings is 1. The number of carbonyl (C=O) groups is 3. The number of ether oxygens (including phenoxy) is 3. The van der Waals surface area contributed by atoms with Crippen LogP contribution in [0.15, 0.2) is 66.7 Å². The monoisotopic (exact) mass is 529 g/mol. The first-order valence-electron chi connectivity index (χ1n) is 13.0. The molecule has 1 unspecified atom stereocenters. The summed E-state index contributed by atoms with van der Waals surface area (Å²) in [5.74, 6) is -0.660. The van der Waals surface area contributed by atoms with Gasteiger partial charge in [-0.1, -0.05) is 36.4 Å². The lowest BCUT2D eigenvalue weighted by molar-refractivity contribution is -0.135. The molecule has 3 heterocycles. The van der Waals surface area contributed by atoms with Gasteiger partial charge < -0.3 is 14.2 Å². The summed E-state index contributed by atoms with van der Waals surface area (Å²) in [6, 6.07) is 20.3. The van der Waals surface area contributed by atoms with Crippen LogP contribution in [-0.2, 0) is 20.8 Å². The van der Waals surface area contributed by atoms with Gasteiger partial charge in [0.2, 0.25) is 5.88 Å². The number of hydrogen-bond acceptors (Lipinski definition) is 8. The lowest BCUT2D eigenvalue weighted by Crippen LogP contribution is -2.46. The summed E-state index contributed by atoms with van der Waals surface area (Å²) >= 11 is 0. The number of aryl methyl sites for hydroxylation is 1. The number of aromatic nitrogens is 1. The van der Waals surface area contributed by atoms with Crippen LogP contribution in [-0.4, -0.2) is 65.5 Å². The molecule has 0 aliphatic carbocycles. The van der Waals surface area contributed by atoms with Crippen molar-refractivity contribution in [3.05, 3.63) is 89.1 Å². The maximum atomic E-state index is 12.6. The standard InChI is InChI=1S/C30H31N3O6/c1-20-23(10-13-27(31-20)39-25-11-8-22(9-12-25)28(34)29(35)37-2)18-32-16-14-24(15-17-32)33-26(19-38-30(33)36)21-6-4-3-5-7-21/h3-13,24,26H,14-19H2,1-2H3. The maximum Gasteiger partial charge on any atom is 0.410 e. The Morgan fingerprint density at radius 2 is 1.72 bits per heavy atom. The van der Waals surface area contributed by atoms with Crippen molar-refractivity contribution in [2.45, 2.75) is 38.4 Å². The summed E-state index contributed by atoms with van der Waals surface area (Å²) in [5.41, 5.74) is 3.33. The number of cyclic esters (lactones) is 1. The van der Waals surface area contributed by atoms with E-state index < -0.39 is 11.8 Å². The van der Waals surface area contributed by atoms with Crippen LogP contribution < -0.4 is 4.74 Å². The van der Waals surface area contributed by atoms with Crippen LogP contribution in [0.25, 0.3) is 0 Å². The van der Waals surface area contributed by atoms with Gasteiger partial charge in [-0.3, -0.25) is 14.6 Å². The molecule has 202 valence electrons. The number of rotatable bonds is 8. The molecule has 1 atom stereocenters. The zero-order valence-electron chi connectivity index (χ0n) is 22.0. The second-order valence-electron chi connectivity index (χ2n) is 9.76. The number of methoxy groups -OCH3 is 1. The predicted molar refractivity (Wildman–Crippen MR) is 143 cm³/mol. The maximum absolute atomic E-state index is 12.6. The Morgan fingerprint density at radius 3 is 2.38 bits per heavy atom. The number of esters is 1. The second kappa shape index (κ2) is 11.7. The molecular weight excluding hydrogens is 498 g/mol. The van der Waals surface area contributed by atoms with Crippen LogP contribution in [0, 0.1) is 6.92 Å². The number of hydrogen-bond donors (Lipinski definition) is 0. The molecule has 39 heavy (non-hydrogen) atoms. The lowest BCUT2D eigenvalue weighted by Gasteiger charge is -2.38. The quantitative estimate of drug-likeness (QED) is 0.235. The normalized spacial score (nSPS) is 18.1. The Morgan fingerprint density at radius 1 is 1.00 bits per heavy atom. The first-order chi connectivity index (χ1) is 18.9. The van der Waals surface area contributed by atoms with Gasteiger partial charge in [0, 0.05) is 43.0 Å². The van der Waals surface area contributed by atoms with E-state index in [1.807, 2.05) is 42.2 Å². The minimum absolute atomic E-state index is 0.0289. The topological polar surface area (TPSA) is 98.3 Å². The van der Waals surface area contributed by atoms with Crippen molar-refractivity contribution in [2.75, 3.05) is 26.8 Å². The van der Waals surface area contributed by atoms with E-state index in [0.717, 1.165) is 49.3 Å². The average molecular weight is 530 g/mol. The van der Waals surface area contributed by atoms with Gasteiger partial charge in [0.15, 0.2) is 0 Å². The van der Waals surface area contributed by atoms with Gasteiger partial charge in [-0.2, -0.15) is 0 Å². The Kier molecular flexibility index (Phi) is 7.88. The molecule has 9 nitrogen and oxygen atoms in total. The van der Waals surface area contributed by atoms with E-state index in [1.54, 1.807) is 12.1 Å². The Balaban J connectivity index is 1.16. The molecule has 2 aliphatic heterocycles. The number of amides is 1. The van der Waals surface area contributed by atoms with E-state index in [-0.39, 0.29) is 23.7 Å². The number of likely N-dealkylation sites (tertiary alicyclic amines) is 1. The number of pyridine rings is 1. The molecule has 1 amide bonds. The Labute approximate surface area is 227 Å². The third-order valence-corrected chi connectivity index (χ3v) is 7.32. The summed E-state index contributed by atoms with van der Waals surface area (Å²) in [5, 5.41) is 0. The second-order valence-corrected chi connectivity index (χ2v) is 9.76. The highest BCUT2D eigenvalue weighted by Gasteiger charge is 2.40. The molecule has 2 saturated heterocycles. The van der Waals surface area contributed by atoms with Gasteiger partial charge in [-0.15, -0.1) is 0 Å². The van der Waals surface area contributed by atoms with Crippen molar-refractivity contribution in [1.82, 2.24) is 14.8 Å². The molecule has 5 rings (SSSR count). The zero-order chi connectivity index (χ0) is 27.4. The molecule has 9 heteroatoms. The Bertz CT molecular complexity index is 1340. The van der Waals surface area contributed by atoms with Crippen molar-refractivity contribution in [3.63, 3.8) is 0 Å². The number of benzene rings is 2. The lowest BCUT2D eigenvalue weighted by atomic mass is 9.98. The summed E-state index contributed by atoms with van der Waals surface area (Å²) in [7, 11) is 1.17. The first kappa shape index (κ1) is 26.4. The van der Waals surface area contributed by atoms with Crippen LogP contribution in [0.5, 0.6) is 11.6 Å². The molecule has 0 N–H and O–H groups in total. The Hall–Kier alpha value is -4.24. The molecule has 0 saturated carbocycles. The third kappa shape index (κ3) is 5.93. The SMILES string of the molecule is COC(=O)C(=O)c1ccc(Oc2ccc(CN3CCC(N4C(=O)OCC4c4ccccc4)CC3)c(C)n2)cc1. The highest BCUT2D eigenvalue weighted by molar-refractivity contribution is 6.40. The fourth-order valence-electron chi connectivity index (χ4n) is 5.16. The van der Waals surface area contributed by atoms with Crippen LogP contribution >= 0.6 is 0 Å². The van der Waals surface area contributed by atoms with Gasteiger partial charge in [0.05, 0.1) is 13.2 Å². The van der Waals surface area contributed by atoms with Gasteiger partial charge in [-0.05, 0) is 55.2 Å². The minimum Gasteiger partial charge on any atom is -0.463 e. The van der Waals surface area contributed by atoms with Crippen LogP contribution in [0.2, 0.25) is 0 Å². The van der Waals surface area contributed by atoms with Crippen LogP contribution in [0.3, 0.4) is 0 Å². The first-order valence-corrected chi connectivity index (χ1v) is 13.0. The molecule has 3 aromatic rings. The molecule has 0 radical (unpaired) electrons. The largest absolute Gasteiger partial charge is 0.463 e. The molecule has 2 fully saturated rings. The minimum atomic E-state index is -0.907. The molecule has 2 aromatic carbocycles. The van der Waals surface area contributed by atoms with E-state index in [1.165, 1.54) is 19.2 Å². The van der Waals surface area contributed by atoms with Gasteiger partial charge >= 0.3 is 12.1 Å². The van der Waals surface area contributed by atoms with Crippen molar-refractivity contribution >= 4 is 17.8 Å². The van der Waals surface area contributed by atoms with E-state index >= 15 is 0 Å². The zero-order valence-corrected chi connectivity index (χ0v) is 22.0. The number of nitrogens with zero attached hydrogens (tertiary/aromatic N) is 3. The van der Waals surface area contributed by atoms with Crippen molar-refractivity contribution in [2.24, 2.45) is 0 Å². The third-order valence-electron chi connectivity index (χ3n) is 7.32. The number of Topliss-reactive ketones (excluding diaryl/α,β-unsaturated/α-hetero) is 1. The molecule has 2 aliphatic rings. The number of ketones is 1. The van der Waals surface area contributed by atoms with E-state index in [2.05, 4.69) is 26.8 Å². The average Bonchev–Trinajstić information content (AvgIpc) is 3.36. The van der Waals surface area contributed by atoms with Crippen molar-refractivity contribution in [1.29, 1.82) is 0 Å². The molecule has 1 aromatic heterocycles. The highest BCUT2D eigenvalue weighted by Crippen LogP contribution is 2.33. The fourth-order valence-corrected chi connectivity index (χ4v) is 5.16. The summed E-state index contributed by atoms with van der Waals surface area (Å²) in [6.07, 6.45) is 1.56. The summed E-state index contributed by atoms with van der Waals surface area (Å²) < 4.78 is 15.8. The van der Waals surface area contributed by atoms with Crippen LogP contribution in [0.4, 0.5) is 4.79 Å². The van der Waals surface area contributed by atoms with E-state index in [9.17, 15) is 14.4 Å². The van der Waals surface area contributed by atoms with Crippen LogP contribution in [0.1, 0.15) is 46.1 Å². The smallest absolute Gasteiger partial charge is 0.410 e. The highest BCUT2D eigenvalue weighted by atomic mass is 16.6. The van der Waals surface area contributed by atoms with Gasteiger partial charge in [0.25, 0.3) is 5.78 Å². The van der Waals surface area contributed by atoms with E-state index in [0.29, 0.717) is 18.2 Å². The molecule has 0 bridgehead atoms. The van der Waals surface area contributed by atoms with E-state index in [4.69, 9.17) is 9.47 Å².